The lowest BCUT2D eigenvalue weighted by Crippen LogP contribution is -2.45. The highest BCUT2D eigenvalue weighted by Gasteiger charge is 2.41. The molecule has 1 amide bonds. The fraction of sp³-hybridized carbons (Fsp3) is 0.688. The number of thioether (sulfide) groups is 1. The molecular weight excluding hydrogens is 407 g/mol. The molecule has 0 fully saturated rings. The fourth-order valence-corrected chi connectivity index (χ4v) is 3.00. The maximum Gasteiger partial charge on any atom is 0.418 e. The molecule has 0 spiro atoms. The number of hydrogen-bond acceptors (Lipinski definition) is 5. The summed E-state index contributed by atoms with van der Waals surface area (Å²) in [7, 11) is 0. The summed E-state index contributed by atoms with van der Waals surface area (Å²) >= 11 is 7.05. The van der Waals surface area contributed by atoms with Crippen molar-refractivity contribution >= 4 is 35.3 Å². The fourth-order valence-electron chi connectivity index (χ4n) is 2.17. The Morgan fingerprint density at radius 1 is 1.41 bits per heavy atom. The van der Waals surface area contributed by atoms with Gasteiger partial charge in [0, 0.05) is 0 Å². The molecule has 1 rings (SSSR count). The normalized spacial score (nSPS) is 13.4. The van der Waals surface area contributed by atoms with Crippen molar-refractivity contribution in [2.24, 2.45) is 0 Å². The second kappa shape index (κ2) is 8.72. The summed E-state index contributed by atoms with van der Waals surface area (Å²) in [4.78, 5) is 16.9. The first-order valence-corrected chi connectivity index (χ1v) is 9.76. The van der Waals surface area contributed by atoms with Crippen molar-refractivity contribution in [3.63, 3.8) is 0 Å². The first-order chi connectivity index (χ1) is 12.2. The predicted molar refractivity (Wildman–Crippen MR) is 98.3 cm³/mol. The molecule has 6 nitrogen and oxygen atoms in total. The first-order valence-electron chi connectivity index (χ1n) is 8.16. The van der Waals surface area contributed by atoms with Gasteiger partial charge in [-0.3, -0.25) is 0 Å². The van der Waals surface area contributed by atoms with E-state index < -0.39 is 30.3 Å². The molecule has 1 aromatic heterocycles. The molecule has 0 bridgehead atoms. The minimum atomic E-state index is -4.71. The Bertz CT molecular complexity index is 696. The van der Waals surface area contributed by atoms with Crippen LogP contribution in [-0.2, 0) is 4.74 Å². The number of anilines is 1. The zero-order chi connectivity index (χ0) is 21.2. The van der Waals surface area contributed by atoms with Crippen LogP contribution >= 0.6 is 23.4 Å². The monoisotopic (exact) mass is 429 g/mol. The third kappa shape index (κ3) is 6.31. The lowest BCUT2D eigenvalue weighted by molar-refractivity contribution is -0.648. The number of ether oxygens (including phenoxy) is 1. The van der Waals surface area contributed by atoms with Gasteiger partial charge in [-0.15, -0.1) is 0 Å². The minimum Gasteiger partial charge on any atom is -0.709 e. The number of amides is 1. The van der Waals surface area contributed by atoms with E-state index in [1.165, 1.54) is 27.0 Å². The molecule has 0 saturated heterocycles. The molecule has 0 N–H and O–H groups in total. The Morgan fingerprint density at radius 2 is 1.96 bits per heavy atom. The molecule has 1 atom stereocenters. The maximum absolute atomic E-state index is 13.2. The summed E-state index contributed by atoms with van der Waals surface area (Å²) in [6, 6.07) is 0. The van der Waals surface area contributed by atoms with E-state index in [4.69, 9.17) is 16.3 Å². The van der Waals surface area contributed by atoms with Gasteiger partial charge in [-0.05, 0) is 67.7 Å². The zero-order valence-corrected chi connectivity index (χ0v) is 17.6. The van der Waals surface area contributed by atoms with Crippen molar-refractivity contribution in [1.82, 2.24) is 4.98 Å². The predicted octanol–water partition coefficient (Wildman–Crippen LogP) is 4.91. The number of nitrogens with zero attached hydrogens (tertiary/aromatic N) is 3. The molecule has 1 heterocycles. The van der Waals surface area contributed by atoms with E-state index in [1.807, 2.05) is 0 Å². The van der Waals surface area contributed by atoms with E-state index in [0.717, 1.165) is 11.8 Å². The van der Waals surface area contributed by atoms with Crippen LogP contribution in [-0.4, -0.2) is 35.7 Å². The largest absolute Gasteiger partial charge is 0.709 e. The quantitative estimate of drug-likeness (QED) is 0.219. The average molecular weight is 430 g/mol. The third-order valence-corrected chi connectivity index (χ3v) is 4.49. The summed E-state index contributed by atoms with van der Waals surface area (Å²) < 4.78 is 45.0. The van der Waals surface area contributed by atoms with Crippen LogP contribution in [0.5, 0.6) is 0 Å². The molecule has 1 unspecified atom stereocenters. The van der Waals surface area contributed by atoms with Crippen LogP contribution in [0.1, 0.15) is 52.5 Å². The topological polar surface area (TPSA) is 69.4 Å². The van der Waals surface area contributed by atoms with Gasteiger partial charge in [0.25, 0.3) is 5.82 Å². The van der Waals surface area contributed by atoms with Crippen LogP contribution in [0.3, 0.4) is 0 Å². The van der Waals surface area contributed by atoms with Crippen molar-refractivity contribution < 1.29 is 27.4 Å². The summed E-state index contributed by atoms with van der Waals surface area (Å²) in [6.45, 7) is 6.46. The summed E-state index contributed by atoms with van der Waals surface area (Å²) in [6.07, 6.45) is -3.92. The van der Waals surface area contributed by atoms with Gasteiger partial charge in [0.15, 0.2) is 0 Å². The van der Waals surface area contributed by atoms with Crippen molar-refractivity contribution in [1.29, 1.82) is 0 Å². The number of aromatic nitrogens is 2. The van der Waals surface area contributed by atoms with Gasteiger partial charge in [0.1, 0.15) is 12.1 Å². The first kappa shape index (κ1) is 23.6. The Labute approximate surface area is 165 Å². The van der Waals surface area contributed by atoms with Crippen molar-refractivity contribution in [3.8, 4) is 0 Å². The van der Waals surface area contributed by atoms with Gasteiger partial charge < -0.3 is 9.94 Å². The van der Waals surface area contributed by atoms with E-state index >= 15 is 0 Å². The van der Waals surface area contributed by atoms with Crippen LogP contribution in [0.15, 0.2) is 5.16 Å². The molecule has 1 aromatic rings. The minimum absolute atomic E-state index is 0.0714. The summed E-state index contributed by atoms with van der Waals surface area (Å²) in [5.41, 5.74) is -0.946. The Balaban J connectivity index is 3.68. The van der Waals surface area contributed by atoms with Crippen LogP contribution in [0.4, 0.5) is 23.8 Å². The highest BCUT2D eigenvalue weighted by atomic mass is 35.5. The van der Waals surface area contributed by atoms with Crippen LogP contribution in [0.2, 0.25) is 5.15 Å². The lowest BCUT2D eigenvalue weighted by atomic mass is 10.0. The van der Waals surface area contributed by atoms with Gasteiger partial charge in [-0.2, -0.15) is 13.2 Å². The number of alkyl halides is 3. The van der Waals surface area contributed by atoms with Crippen molar-refractivity contribution in [3.05, 3.63) is 15.9 Å². The van der Waals surface area contributed by atoms with E-state index in [9.17, 15) is 23.2 Å². The zero-order valence-electron chi connectivity index (χ0n) is 16.0. The van der Waals surface area contributed by atoms with E-state index in [2.05, 4.69) is 4.98 Å². The number of carbonyl (C=O) groups excluding carboxylic acids is 1. The van der Waals surface area contributed by atoms with Gasteiger partial charge in [-0.25, -0.2) is 14.4 Å². The van der Waals surface area contributed by atoms with Crippen LogP contribution in [0, 0.1) is 5.21 Å². The molecule has 27 heavy (non-hydrogen) atoms. The Hall–Kier alpha value is -1.42. The molecule has 0 aliphatic rings. The third-order valence-electron chi connectivity index (χ3n) is 3.51. The summed E-state index contributed by atoms with van der Waals surface area (Å²) in [5.74, 6) is -0.730. The number of carbonyl (C=O) groups is 1. The van der Waals surface area contributed by atoms with Gasteiger partial charge in [0.2, 0.25) is 5.15 Å². The smallest absolute Gasteiger partial charge is 0.418 e. The maximum atomic E-state index is 13.2. The summed E-state index contributed by atoms with van der Waals surface area (Å²) in [5, 5.41) is 11.8. The van der Waals surface area contributed by atoms with Gasteiger partial charge >= 0.3 is 17.4 Å². The standard InChI is InChI=1S/C16H23ClF3N3O3S/c1-7-9(2)10-11(17)23(25)13(27-6)21-12(10)22(8-16(18,19)20)14(24)26-15(3,4)5/h9H,7-8H2,1-6H3. The molecule has 154 valence electrons. The van der Waals surface area contributed by atoms with E-state index in [0.29, 0.717) is 16.1 Å². The number of rotatable bonds is 5. The molecule has 0 saturated carbocycles. The molecule has 0 radical (unpaired) electrons. The Kier molecular flexibility index (Phi) is 7.63. The van der Waals surface area contributed by atoms with Gasteiger partial charge in [-0.1, -0.05) is 13.8 Å². The van der Waals surface area contributed by atoms with Crippen LogP contribution < -0.4 is 9.63 Å². The van der Waals surface area contributed by atoms with Crippen LogP contribution in [0.25, 0.3) is 0 Å². The number of hydrogen-bond donors (Lipinski definition) is 0. The van der Waals surface area contributed by atoms with Crippen molar-refractivity contribution in [2.75, 3.05) is 17.7 Å². The molecule has 0 aliphatic heterocycles. The molecule has 11 heteroatoms. The Morgan fingerprint density at radius 3 is 2.37 bits per heavy atom. The average Bonchev–Trinajstić information content (AvgIpc) is 2.51. The second-order valence-corrected chi connectivity index (χ2v) is 8.04. The van der Waals surface area contributed by atoms with Gasteiger partial charge in [0.05, 0.1) is 5.56 Å². The molecular formula is C16H23ClF3N3O3S. The highest BCUT2D eigenvalue weighted by Crippen LogP contribution is 2.35. The number of halogens is 4. The lowest BCUT2D eigenvalue weighted by Gasteiger charge is -2.28. The van der Waals surface area contributed by atoms with E-state index in [-0.39, 0.29) is 21.7 Å². The highest BCUT2D eigenvalue weighted by molar-refractivity contribution is 7.98. The molecule has 0 aromatic carbocycles. The van der Waals surface area contributed by atoms with Crippen molar-refractivity contribution in [2.45, 2.75) is 63.9 Å². The van der Waals surface area contributed by atoms with E-state index in [1.54, 1.807) is 13.8 Å². The second-order valence-electron chi connectivity index (χ2n) is 6.91. The molecule has 0 aliphatic carbocycles. The SMILES string of the molecule is CCC(C)c1c(N(CC(F)(F)F)C(=O)OC(C)(C)C)nc(SC)[n+]([O-])c1Cl.